The highest BCUT2D eigenvalue weighted by Gasteiger charge is 2.23. The Bertz CT molecular complexity index is 410. The van der Waals surface area contributed by atoms with Crippen molar-refractivity contribution in [1.29, 1.82) is 0 Å². The Kier molecular flexibility index (Phi) is 5.75. The van der Waals surface area contributed by atoms with Gasteiger partial charge in [-0.25, -0.2) is 0 Å². The zero-order valence-corrected chi connectivity index (χ0v) is 12.8. The van der Waals surface area contributed by atoms with E-state index in [0.29, 0.717) is 18.0 Å². The molecule has 0 amide bonds. The van der Waals surface area contributed by atoms with E-state index in [1.807, 2.05) is 6.07 Å². The second-order valence-electron chi connectivity index (χ2n) is 4.02. The van der Waals surface area contributed by atoms with E-state index in [1.165, 1.54) is 0 Å². The fourth-order valence-corrected chi connectivity index (χ4v) is 2.61. The number of benzene rings is 1. The van der Waals surface area contributed by atoms with Crippen LogP contribution in [-0.4, -0.2) is 27.9 Å². The van der Waals surface area contributed by atoms with Crippen molar-refractivity contribution in [1.82, 2.24) is 0 Å². The largest absolute Gasteiger partial charge is 0.495 e. The van der Waals surface area contributed by atoms with Gasteiger partial charge >= 0.3 is 0 Å². The lowest BCUT2D eigenvalue weighted by Gasteiger charge is -2.21. The molecule has 2 N–H and O–H groups in total. The van der Waals surface area contributed by atoms with Crippen LogP contribution < -0.4 is 19.9 Å². The Hall–Kier alpha value is -0.940. The molecular weight excluding hydrogens is 298 g/mol. The van der Waals surface area contributed by atoms with Crippen molar-refractivity contribution in [3.05, 3.63) is 16.1 Å². The van der Waals surface area contributed by atoms with Crippen LogP contribution in [0.2, 0.25) is 0 Å². The Balaban J connectivity index is 3.44. The van der Waals surface area contributed by atoms with Crippen LogP contribution in [0, 0.1) is 0 Å². The van der Waals surface area contributed by atoms with Crippen LogP contribution in [0.4, 0.5) is 0 Å². The van der Waals surface area contributed by atoms with Crippen molar-refractivity contribution in [2.24, 2.45) is 5.73 Å². The van der Waals surface area contributed by atoms with Crippen molar-refractivity contribution in [3.8, 4) is 17.2 Å². The molecule has 1 unspecified atom stereocenters. The summed E-state index contributed by atoms with van der Waals surface area (Å²) in [7, 11) is 4.89. The van der Waals surface area contributed by atoms with Gasteiger partial charge in [-0.1, -0.05) is 6.92 Å². The van der Waals surface area contributed by atoms with Gasteiger partial charge in [0.05, 0.1) is 25.8 Å². The Morgan fingerprint density at radius 2 is 1.78 bits per heavy atom. The summed E-state index contributed by atoms with van der Waals surface area (Å²) in [6.45, 7) is 2.71. The molecule has 0 spiro atoms. The number of halogens is 1. The highest BCUT2D eigenvalue weighted by atomic mass is 79.9. The summed E-state index contributed by atoms with van der Waals surface area (Å²) in [6, 6.07) is 1.84. The van der Waals surface area contributed by atoms with Crippen molar-refractivity contribution >= 4 is 15.9 Å². The lowest BCUT2D eigenvalue weighted by Crippen LogP contribution is -2.08. The predicted molar refractivity (Wildman–Crippen MR) is 75.9 cm³/mol. The highest BCUT2D eigenvalue weighted by molar-refractivity contribution is 9.10. The third kappa shape index (κ3) is 2.90. The molecule has 102 valence electrons. The molecule has 1 rings (SSSR count). The first kappa shape index (κ1) is 15.1. The Labute approximate surface area is 117 Å². The average molecular weight is 318 g/mol. The van der Waals surface area contributed by atoms with Crippen LogP contribution in [0.3, 0.4) is 0 Å². The van der Waals surface area contributed by atoms with Crippen LogP contribution >= 0.6 is 15.9 Å². The average Bonchev–Trinajstić information content (AvgIpc) is 2.37. The van der Waals surface area contributed by atoms with Gasteiger partial charge in [0.2, 0.25) is 0 Å². The zero-order chi connectivity index (χ0) is 13.7. The second-order valence-corrected chi connectivity index (χ2v) is 4.87. The van der Waals surface area contributed by atoms with Gasteiger partial charge in [0.1, 0.15) is 5.75 Å². The molecule has 0 heterocycles. The Morgan fingerprint density at radius 3 is 2.22 bits per heavy atom. The molecule has 0 aliphatic heterocycles. The van der Waals surface area contributed by atoms with E-state index in [2.05, 4.69) is 22.9 Å². The summed E-state index contributed by atoms with van der Waals surface area (Å²) in [5.74, 6) is 2.39. The number of rotatable bonds is 6. The fraction of sp³-hybridized carbons (Fsp3) is 0.538. The van der Waals surface area contributed by atoms with Crippen molar-refractivity contribution in [3.63, 3.8) is 0 Å². The van der Waals surface area contributed by atoms with Gasteiger partial charge < -0.3 is 19.9 Å². The Morgan fingerprint density at radius 1 is 1.17 bits per heavy atom. The normalized spacial score (nSPS) is 12.1. The minimum Gasteiger partial charge on any atom is -0.495 e. The molecule has 0 fully saturated rings. The van der Waals surface area contributed by atoms with E-state index < -0.39 is 0 Å². The molecule has 0 bridgehead atoms. The number of hydrogen-bond donors (Lipinski definition) is 1. The van der Waals surface area contributed by atoms with Gasteiger partial charge in [-0.3, -0.25) is 0 Å². The van der Waals surface area contributed by atoms with E-state index in [4.69, 9.17) is 19.9 Å². The first-order valence-electron chi connectivity index (χ1n) is 5.79. The van der Waals surface area contributed by atoms with E-state index in [0.717, 1.165) is 22.2 Å². The molecule has 1 atom stereocenters. The van der Waals surface area contributed by atoms with Crippen molar-refractivity contribution in [2.75, 3.05) is 27.9 Å². The van der Waals surface area contributed by atoms with Crippen molar-refractivity contribution < 1.29 is 14.2 Å². The van der Waals surface area contributed by atoms with Gasteiger partial charge in [0.25, 0.3) is 0 Å². The molecule has 0 aliphatic carbocycles. The van der Waals surface area contributed by atoms with Gasteiger partial charge in [0, 0.05) is 11.6 Å². The summed E-state index contributed by atoms with van der Waals surface area (Å²) in [5.41, 5.74) is 6.62. The summed E-state index contributed by atoms with van der Waals surface area (Å²) >= 11 is 3.49. The standard InChI is InChI=1S/C13H20BrNO3/c1-8(5-6-15)11-12(17-3)9(14)7-10(16-2)13(11)18-4/h7-8H,5-6,15H2,1-4H3. The smallest absolute Gasteiger partial charge is 0.167 e. The molecule has 0 aromatic heterocycles. The number of methoxy groups -OCH3 is 3. The molecule has 0 aliphatic rings. The monoisotopic (exact) mass is 317 g/mol. The fourth-order valence-electron chi connectivity index (χ4n) is 2.02. The number of ether oxygens (including phenoxy) is 3. The van der Waals surface area contributed by atoms with Crippen molar-refractivity contribution in [2.45, 2.75) is 19.3 Å². The van der Waals surface area contributed by atoms with Gasteiger partial charge in [-0.15, -0.1) is 0 Å². The van der Waals surface area contributed by atoms with Gasteiger partial charge in [0.15, 0.2) is 11.5 Å². The first-order valence-corrected chi connectivity index (χ1v) is 6.58. The maximum Gasteiger partial charge on any atom is 0.167 e. The quantitative estimate of drug-likeness (QED) is 0.876. The first-order chi connectivity index (χ1) is 8.60. The van der Waals surface area contributed by atoms with Gasteiger partial charge in [-0.2, -0.15) is 0 Å². The number of hydrogen-bond acceptors (Lipinski definition) is 4. The summed E-state index contributed by atoms with van der Waals surface area (Å²) < 4.78 is 17.1. The molecular formula is C13H20BrNO3. The van der Waals surface area contributed by atoms with Gasteiger partial charge in [-0.05, 0) is 34.8 Å². The van der Waals surface area contributed by atoms with E-state index in [9.17, 15) is 0 Å². The predicted octanol–water partition coefficient (Wildman–Crippen LogP) is 2.93. The number of nitrogens with two attached hydrogens (primary N) is 1. The van der Waals surface area contributed by atoms with E-state index in [-0.39, 0.29) is 5.92 Å². The minimum absolute atomic E-state index is 0.228. The van der Waals surface area contributed by atoms with Crippen LogP contribution in [0.5, 0.6) is 17.2 Å². The van der Waals surface area contributed by atoms with E-state index >= 15 is 0 Å². The highest BCUT2D eigenvalue weighted by Crippen LogP contribution is 2.46. The van der Waals surface area contributed by atoms with Crippen LogP contribution in [0.1, 0.15) is 24.8 Å². The summed E-state index contributed by atoms with van der Waals surface area (Å²) in [5, 5.41) is 0. The van der Waals surface area contributed by atoms with E-state index in [1.54, 1.807) is 21.3 Å². The molecule has 5 heteroatoms. The van der Waals surface area contributed by atoms with Crippen LogP contribution in [0.25, 0.3) is 0 Å². The molecule has 1 aromatic rings. The lowest BCUT2D eigenvalue weighted by molar-refractivity contribution is 0.339. The molecule has 1 aromatic carbocycles. The summed E-state index contributed by atoms with van der Waals surface area (Å²) in [6.07, 6.45) is 0.853. The summed E-state index contributed by atoms with van der Waals surface area (Å²) in [4.78, 5) is 0. The van der Waals surface area contributed by atoms with Crippen LogP contribution in [-0.2, 0) is 0 Å². The van der Waals surface area contributed by atoms with Crippen LogP contribution in [0.15, 0.2) is 10.5 Å². The maximum atomic E-state index is 5.63. The molecule has 4 nitrogen and oxygen atoms in total. The second kappa shape index (κ2) is 6.85. The third-order valence-electron chi connectivity index (χ3n) is 2.91. The molecule has 0 saturated carbocycles. The molecule has 0 saturated heterocycles. The molecule has 18 heavy (non-hydrogen) atoms. The topological polar surface area (TPSA) is 53.7 Å². The molecule has 0 radical (unpaired) electrons. The minimum atomic E-state index is 0.228. The SMILES string of the molecule is COc1cc(Br)c(OC)c(C(C)CCN)c1OC. The lowest BCUT2D eigenvalue weighted by atomic mass is 9.95. The maximum absolute atomic E-state index is 5.63. The third-order valence-corrected chi connectivity index (χ3v) is 3.50. The zero-order valence-electron chi connectivity index (χ0n) is 11.2.